The van der Waals surface area contributed by atoms with Crippen molar-refractivity contribution in [2.45, 2.75) is 13.3 Å². The van der Waals surface area contributed by atoms with Crippen molar-refractivity contribution in [1.82, 2.24) is 4.90 Å². The van der Waals surface area contributed by atoms with Gasteiger partial charge in [-0.05, 0) is 37.1 Å². The predicted molar refractivity (Wildman–Crippen MR) is 121 cm³/mol. The van der Waals surface area contributed by atoms with E-state index in [0.29, 0.717) is 17.6 Å². The number of hydrogen-bond acceptors (Lipinski definition) is 7. The van der Waals surface area contributed by atoms with Gasteiger partial charge in [0.1, 0.15) is 11.3 Å². The molecule has 0 spiro atoms. The summed E-state index contributed by atoms with van der Waals surface area (Å²) >= 11 is 0. The molecule has 31 heavy (non-hydrogen) atoms. The molecule has 1 N–H and O–H groups in total. The highest BCUT2D eigenvalue weighted by Gasteiger charge is 2.21. The standard InChI is InChI=1S/C24H28N2O5/c1-16-17(24(28)31-22-15-23(30-3)20(27)14-18(16)22)8-9-25-10-12-26(13-11-25)19-6-4-5-7-21(19)29-2/h4-7,14-15,27H,8-13H2,1-3H3. The zero-order valence-corrected chi connectivity index (χ0v) is 18.2. The summed E-state index contributed by atoms with van der Waals surface area (Å²) in [5.74, 6) is 1.21. The van der Waals surface area contributed by atoms with E-state index in [-0.39, 0.29) is 17.1 Å². The summed E-state index contributed by atoms with van der Waals surface area (Å²) < 4.78 is 16.1. The molecule has 2 heterocycles. The first-order valence-corrected chi connectivity index (χ1v) is 10.5. The van der Waals surface area contributed by atoms with E-state index >= 15 is 0 Å². The van der Waals surface area contributed by atoms with Crippen LogP contribution in [0.3, 0.4) is 0 Å². The minimum atomic E-state index is -0.328. The minimum Gasteiger partial charge on any atom is -0.504 e. The third-order valence-corrected chi connectivity index (χ3v) is 6.06. The number of piperazine rings is 1. The summed E-state index contributed by atoms with van der Waals surface area (Å²) in [6, 6.07) is 11.2. The van der Waals surface area contributed by atoms with Crippen molar-refractivity contribution in [1.29, 1.82) is 0 Å². The van der Waals surface area contributed by atoms with Gasteiger partial charge in [-0.3, -0.25) is 4.90 Å². The third kappa shape index (κ3) is 4.18. The molecule has 164 valence electrons. The number of benzene rings is 2. The second-order valence-electron chi connectivity index (χ2n) is 7.76. The number of phenols is 1. The van der Waals surface area contributed by atoms with Crippen LogP contribution >= 0.6 is 0 Å². The number of methoxy groups -OCH3 is 2. The molecule has 1 aliphatic rings. The van der Waals surface area contributed by atoms with E-state index in [9.17, 15) is 9.90 Å². The molecular weight excluding hydrogens is 396 g/mol. The Morgan fingerprint density at radius 1 is 1.03 bits per heavy atom. The molecule has 0 aliphatic carbocycles. The first-order chi connectivity index (χ1) is 15.0. The maximum Gasteiger partial charge on any atom is 0.339 e. The van der Waals surface area contributed by atoms with Crippen LogP contribution in [0.5, 0.6) is 17.2 Å². The molecule has 0 saturated carbocycles. The highest BCUT2D eigenvalue weighted by Crippen LogP contribution is 2.33. The van der Waals surface area contributed by atoms with Crippen molar-refractivity contribution in [2.75, 3.05) is 51.8 Å². The number of anilines is 1. The van der Waals surface area contributed by atoms with Gasteiger partial charge in [-0.25, -0.2) is 4.79 Å². The van der Waals surface area contributed by atoms with Gasteiger partial charge in [-0.1, -0.05) is 12.1 Å². The lowest BCUT2D eigenvalue weighted by molar-refractivity contribution is 0.259. The van der Waals surface area contributed by atoms with E-state index in [2.05, 4.69) is 15.9 Å². The Balaban J connectivity index is 1.45. The zero-order valence-electron chi connectivity index (χ0n) is 18.2. The molecule has 0 atom stereocenters. The van der Waals surface area contributed by atoms with Gasteiger partial charge < -0.3 is 23.9 Å². The third-order valence-electron chi connectivity index (χ3n) is 6.06. The molecule has 7 heteroatoms. The van der Waals surface area contributed by atoms with E-state index in [1.807, 2.05) is 25.1 Å². The summed E-state index contributed by atoms with van der Waals surface area (Å²) in [7, 11) is 3.16. The van der Waals surface area contributed by atoms with Gasteiger partial charge in [0.25, 0.3) is 0 Å². The molecule has 1 fully saturated rings. The van der Waals surface area contributed by atoms with Crippen LogP contribution in [0.4, 0.5) is 5.69 Å². The molecule has 0 unspecified atom stereocenters. The van der Waals surface area contributed by atoms with Gasteiger partial charge in [-0.2, -0.15) is 0 Å². The Kier molecular flexibility index (Phi) is 6.04. The molecule has 0 amide bonds. The number of para-hydroxylation sites is 2. The Morgan fingerprint density at radius 3 is 2.45 bits per heavy atom. The summed E-state index contributed by atoms with van der Waals surface area (Å²) in [5.41, 5.74) is 2.71. The summed E-state index contributed by atoms with van der Waals surface area (Å²) in [6.07, 6.45) is 0.603. The fourth-order valence-corrected chi connectivity index (χ4v) is 4.23. The van der Waals surface area contributed by atoms with Crippen LogP contribution in [0.1, 0.15) is 11.1 Å². The number of rotatable bonds is 6. The molecule has 2 aromatic carbocycles. The first-order valence-electron chi connectivity index (χ1n) is 10.5. The Bertz CT molecular complexity index is 1130. The van der Waals surface area contributed by atoms with Crippen molar-refractivity contribution < 1.29 is 19.0 Å². The van der Waals surface area contributed by atoms with Gasteiger partial charge >= 0.3 is 5.63 Å². The summed E-state index contributed by atoms with van der Waals surface area (Å²) in [6.45, 7) is 6.31. The SMILES string of the molecule is COc1cc2oc(=O)c(CCN3CCN(c4ccccc4OC)CC3)c(C)c2cc1O. The summed E-state index contributed by atoms with van der Waals surface area (Å²) in [5, 5.41) is 10.8. The monoisotopic (exact) mass is 424 g/mol. The highest BCUT2D eigenvalue weighted by atomic mass is 16.5. The van der Waals surface area contributed by atoms with Crippen LogP contribution < -0.4 is 20.0 Å². The minimum absolute atomic E-state index is 0.0327. The lowest BCUT2D eigenvalue weighted by Crippen LogP contribution is -2.47. The number of hydrogen-bond donors (Lipinski definition) is 1. The summed E-state index contributed by atoms with van der Waals surface area (Å²) in [4.78, 5) is 17.3. The molecule has 1 saturated heterocycles. The van der Waals surface area contributed by atoms with E-state index < -0.39 is 0 Å². The number of ether oxygens (including phenoxy) is 2. The molecular formula is C24H28N2O5. The van der Waals surface area contributed by atoms with Crippen LogP contribution in [-0.4, -0.2) is 56.9 Å². The van der Waals surface area contributed by atoms with Crippen molar-refractivity contribution in [3.63, 3.8) is 0 Å². The van der Waals surface area contributed by atoms with Crippen LogP contribution in [0, 0.1) is 6.92 Å². The van der Waals surface area contributed by atoms with Gasteiger partial charge in [0.05, 0.1) is 19.9 Å². The Hall–Kier alpha value is -3.19. The largest absolute Gasteiger partial charge is 0.504 e. The van der Waals surface area contributed by atoms with Crippen LogP contribution in [-0.2, 0) is 6.42 Å². The van der Waals surface area contributed by atoms with Crippen molar-refractivity contribution in [2.24, 2.45) is 0 Å². The zero-order chi connectivity index (χ0) is 22.0. The van der Waals surface area contributed by atoms with Crippen LogP contribution in [0.2, 0.25) is 0 Å². The normalized spacial score (nSPS) is 14.7. The fourth-order valence-electron chi connectivity index (χ4n) is 4.23. The lowest BCUT2D eigenvalue weighted by Gasteiger charge is -2.36. The smallest absolute Gasteiger partial charge is 0.339 e. The number of aromatic hydroxyl groups is 1. The van der Waals surface area contributed by atoms with Gasteiger partial charge in [0.15, 0.2) is 11.5 Å². The van der Waals surface area contributed by atoms with Crippen molar-refractivity contribution in [3.05, 3.63) is 57.9 Å². The maximum atomic E-state index is 12.6. The van der Waals surface area contributed by atoms with Gasteiger partial charge in [0.2, 0.25) is 0 Å². The average molecular weight is 424 g/mol. The van der Waals surface area contributed by atoms with E-state index in [4.69, 9.17) is 13.9 Å². The molecule has 1 aliphatic heterocycles. The second-order valence-corrected chi connectivity index (χ2v) is 7.76. The number of nitrogens with zero attached hydrogens (tertiary/aromatic N) is 2. The number of fused-ring (bicyclic) bond motifs is 1. The van der Waals surface area contributed by atoms with E-state index in [1.165, 1.54) is 7.11 Å². The Morgan fingerprint density at radius 2 is 1.74 bits per heavy atom. The molecule has 7 nitrogen and oxygen atoms in total. The number of phenolic OH excluding ortho intramolecular Hbond substituents is 1. The molecule has 0 radical (unpaired) electrons. The van der Waals surface area contributed by atoms with Crippen molar-refractivity contribution in [3.8, 4) is 17.2 Å². The fraction of sp³-hybridized carbons (Fsp3) is 0.375. The van der Waals surface area contributed by atoms with Gasteiger partial charge in [-0.15, -0.1) is 0 Å². The first kappa shape index (κ1) is 21.1. The second kappa shape index (κ2) is 8.89. The highest BCUT2D eigenvalue weighted by molar-refractivity contribution is 5.84. The van der Waals surface area contributed by atoms with Crippen LogP contribution in [0.25, 0.3) is 11.0 Å². The molecule has 3 aromatic rings. The van der Waals surface area contributed by atoms with Gasteiger partial charge in [0, 0.05) is 49.7 Å². The Labute approximate surface area is 181 Å². The molecule has 4 rings (SSSR count). The topological polar surface area (TPSA) is 75.4 Å². The number of aryl methyl sites for hydroxylation is 1. The molecule has 1 aromatic heterocycles. The van der Waals surface area contributed by atoms with Crippen molar-refractivity contribution >= 4 is 16.7 Å². The van der Waals surface area contributed by atoms with Crippen LogP contribution in [0.15, 0.2) is 45.6 Å². The maximum absolute atomic E-state index is 12.6. The molecule has 0 bridgehead atoms. The lowest BCUT2D eigenvalue weighted by atomic mass is 10.0. The van der Waals surface area contributed by atoms with E-state index in [1.54, 1.807) is 19.2 Å². The predicted octanol–water partition coefficient (Wildman–Crippen LogP) is 3.19. The van der Waals surface area contributed by atoms with E-state index in [0.717, 1.165) is 55.1 Å². The quantitative estimate of drug-likeness (QED) is 0.609. The average Bonchev–Trinajstić information content (AvgIpc) is 2.79.